The summed E-state index contributed by atoms with van der Waals surface area (Å²) in [6, 6.07) is 6.52. The number of phenolic OH excluding ortho intramolecular Hbond substituents is 1. The minimum Gasteiger partial charge on any atom is -0.508 e. The van der Waals surface area contributed by atoms with Crippen molar-refractivity contribution in [2.24, 2.45) is 0 Å². The molecule has 200 valence electrons. The number of carbonyl (C=O) groups excluding carboxylic acids is 1. The Labute approximate surface area is 213 Å². The van der Waals surface area contributed by atoms with Gasteiger partial charge in [0, 0.05) is 12.2 Å². The van der Waals surface area contributed by atoms with Gasteiger partial charge in [-0.1, -0.05) is 89.3 Å². The zero-order valence-corrected chi connectivity index (χ0v) is 23.1. The summed E-state index contributed by atoms with van der Waals surface area (Å²) in [6.07, 6.45) is 16.4. The predicted octanol–water partition coefficient (Wildman–Crippen LogP) is 7.90. The van der Waals surface area contributed by atoms with Crippen molar-refractivity contribution in [2.75, 3.05) is 13.2 Å². The second-order valence-corrected chi connectivity index (χ2v) is 10.9. The van der Waals surface area contributed by atoms with Crippen LogP contribution in [-0.4, -0.2) is 30.3 Å². The van der Waals surface area contributed by atoms with Gasteiger partial charge in [-0.2, -0.15) is 0 Å². The molecule has 1 aromatic carbocycles. The third-order valence-corrected chi connectivity index (χ3v) is 7.64. The van der Waals surface area contributed by atoms with Crippen LogP contribution >= 0.6 is 7.60 Å². The average Bonchev–Trinajstić information content (AvgIpc) is 2.83. The molecule has 1 rings (SSSR count). The van der Waals surface area contributed by atoms with Gasteiger partial charge in [0.2, 0.25) is 5.91 Å². The zero-order valence-electron chi connectivity index (χ0n) is 22.2. The quantitative estimate of drug-likeness (QED) is 0.130. The van der Waals surface area contributed by atoms with Crippen LogP contribution in [0.5, 0.6) is 5.75 Å². The Morgan fingerprint density at radius 3 is 1.91 bits per heavy atom. The Bertz CT molecular complexity index is 740. The van der Waals surface area contributed by atoms with Crippen LogP contribution in [0.1, 0.15) is 103 Å². The average molecular weight is 510 g/mol. The molecule has 0 fully saturated rings. The van der Waals surface area contributed by atoms with Gasteiger partial charge in [-0.3, -0.25) is 9.36 Å². The standard InChI is InChI=1S/C28H48NO5P/c1-4-7-8-9-10-11-12-13-14-15-16-17-28(31)29-26(24-25-18-20-27(30)21-19-25)22-23-35(32,33-5-2)34-6-3/h18-23,26,30H,4-17,24H2,1-3H3,(H,29,31)/b23-22+/t26-/m0/s1. The minimum absolute atomic E-state index is 0.0167. The lowest BCUT2D eigenvalue weighted by atomic mass is 10.0. The fourth-order valence-corrected chi connectivity index (χ4v) is 5.36. The van der Waals surface area contributed by atoms with Gasteiger partial charge >= 0.3 is 7.60 Å². The van der Waals surface area contributed by atoms with E-state index in [1.165, 1.54) is 63.6 Å². The molecule has 0 spiro atoms. The van der Waals surface area contributed by atoms with E-state index in [0.29, 0.717) is 12.8 Å². The van der Waals surface area contributed by atoms with E-state index < -0.39 is 7.60 Å². The van der Waals surface area contributed by atoms with Gasteiger partial charge in [0.05, 0.1) is 19.3 Å². The molecule has 6 nitrogen and oxygen atoms in total. The van der Waals surface area contributed by atoms with E-state index in [4.69, 9.17) is 9.05 Å². The first-order valence-corrected chi connectivity index (χ1v) is 15.2. The Morgan fingerprint density at radius 1 is 0.886 bits per heavy atom. The van der Waals surface area contributed by atoms with Gasteiger partial charge in [0.1, 0.15) is 5.75 Å². The minimum atomic E-state index is -3.35. The first kappa shape index (κ1) is 31.4. The van der Waals surface area contributed by atoms with E-state index in [1.54, 1.807) is 32.1 Å². The van der Waals surface area contributed by atoms with E-state index in [1.807, 2.05) is 12.1 Å². The molecule has 2 N–H and O–H groups in total. The highest BCUT2D eigenvalue weighted by molar-refractivity contribution is 7.57. The van der Waals surface area contributed by atoms with E-state index in [0.717, 1.165) is 18.4 Å². The molecule has 1 amide bonds. The molecule has 0 saturated heterocycles. The molecule has 0 saturated carbocycles. The Morgan fingerprint density at radius 2 is 1.40 bits per heavy atom. The topological polar surface area (TPSA) is 84.9 Å². The van der Waals surface area contributed by atoms with Crippen LogP contribution in [0.3, 0.4) is 0 Å². The smallest absolute Gasteiger partial charge is 0.353 e. The number of hydrogen-bond donors (Lipinski definition) is 2. The number of unbranched alkanes of at least 4 members (excludes halogenated alkanes) is 10. The number of nitrogens with one attached hydrogen (secondary N) is 1. The van der Waals surface area contributed by atoms with Crippen molar-refractivity contribution in [3.8, 4) is 5.75 Å². The molecule has 7 heteroatoms. The molecule has 35 heavy (non-hydrogen) atoms. The summed E-state index contributed by atoms with van der Waals surface area (Å²) in [5.41, 5.74) is 0.954. The lowest BCUT2D eigenvalue weighted by Crippen LogP contribution is -2.34. The normalized spacial score (nSPS) is 12.8. The lowest BCUT2D eigenvalue weighted by Gasteiger charge is -2.18. The van der Waals surface area contributed by atoms with Crippen LogP contribution in [0.2, 0.25) is 0 Å². The van der Waals surface area contributed by atoms with Crippen LogP contribution in [0, 0.1) is 0 Å². The second-order valence-electron chi connectivity index (χ2n) is 9.05. The maximum absolute atomic E-state index is 12.8. The summed E-state index contributed by atoms with van der Waals surface area (Å²) in [4.78, 5) is 12.6. The van der Waals surface area contributed by atoms with E-state index in [9.17, 15) is 14.5 Å². The molecule has 0 aliphatic carbocycles. The lowest BCUT2D eigenvalue weighted by molar-refractivity contribution is -0.121. The monoisotopic (exact) mass is 509 g/mol. The third-order valence-electron chi connectivity index (χ3n) is 5.86. The first-order chi connectivity index (χ1) is 16.9. The maximum Gasteiger partial charge on any atom is 0.353 e. The molecular formula is C28H48NO5P. The van der Waals surface area contributed by atoms with Crippen LogP contribution < -0.4 is 5.32 Å². The third kappa shape index (κ3) is 15.9. The summed E-state index contributed by atoms with van der Waals surface area (Å²) in [5, 5.41) is 12.6. The molecule has 1 atom stereocenters. The van der Waals surface area contributed by atoms with E-state index in [-0.39, 0.29) is 30.9 Å². The molecule has 0 aromatic heterocycles. The van der Waals surface area contributed by atoms with Crippen LogP contribution in [0.15, 0.2) is 36.2 Å². The molecule has 0 radical (unpaired) electrons. The van der Waals surface area contributed by atoms with Crippen molar-refractivity contribution in [1.29, 1.82) is 0 Å². The maximum atomic E-state index is 12.8. The molecule has 0 aliphatic rings. The predicted molar refractivity (Wildman–Crippen MR) is 145 cm³/mol. The highest BCUT2D eigenvalue weighted by Crippen LogP contribution is 2.49. The van der Waals surface area contributed by atoms with Crippen molar-refractivity contribution in [2.45, 2.75) is 110 Å². The number of carbonyl (C=O) groups is 1. The fraction of sp³-hybridized carbons (Fsp3) is 0.679. The molecule has 0 aliphatic heterocycles. The zero-order chi connectivity index (χ0) is 25.8. The SMILES string of the molecule is CCCCCCCCCCCCCC(=O)N[C@@H](/C=C/P(=O)(OCC)OCC)Cc1ccc(O)cc1. The molecule has 0 unspecified atom stereocenters. The highest BCUT2D eigenvalue weighted by Gasteiger charge is 2.20. The van der Waals surface area contributed by atoms with Crippen molar-refractivity contribution < 1.29 is 23.5 Å². The van der Waals surface area contributed by atoms with E-state index >= 15 is 0 Å². The van der Waals surface area contributed by atoms with Crippen LogP contribution in [-0.2, 0) is 24.8 Å². The second kappa shape index (κ2) is 19.6. The number of hydrogen-bond acceptors (Lipinski definition) is 5. The number of amides is 1. The van der Waals surface area contributed by atoms with E-state index in [2.05, 4.69) is 12.2 Å². The number of phenols is 1. The summed E-state index contributed by atoms with van der Waals surface area (Å²) in [6.45, 7) is 6.33. The van der Waals surface area contributed by atoms with Gasteiger partial charge in [0.25, 0.3) is 0 Å². The summed E-state index contributed by atoms with van der Waals surface area (Å²) in [7, 11) is -3.35. The Kier molecular flexibility index (Phi) is 17.5. The van der Waals surface area contributed by atoms with Gasteiger partial charge in [0.15, 0.2) is 0 Å². The Balaban J connectivity index is 2.49. The van der Waals surface area contributed by atoms with Gasteiger partial charge < -0.3 is 19.5 Å². The largest absolute Gasteiger partial charge is 0.508 e. The summed E-state index contributed by atoms with van der Waals surface area (Å²) < 4.78 is 23.5. The van der Waals surface area contributed by atoms with Crippen molar-refractivity contribution in [1.82, 2.24) is 5.32 Å². The van der Waals surface area contributed by atoms with Gasteiger partial charge in [-0.15, -0.1) is 0 Å². The molecule has 0 heterocycles. The van der Waals surface area contributed by atoms with Crippen molar-refractivity contribution in [3.05, 3.63) is 41.7 Å². The first-order valence-electron chi connectivity index (χ1n) is 13.6. The van der Waals surface area contributed by atoms with Crippen LogP contribution in [0.4, 0.5) is 0 Å². The fourth-order valence-electron chi connectivity index (χ4n) is 3.97. The van der Waals surface area contributed by atoms with Crippen LogP contribution in [0.25, 0.3) is 0 Å². The van der Waals surface area contributed by atoms with Gasteiger partial charge in [-0.25, -0.2) is 0 Å². The molecule has 1 aromatic rings. The molecular weight excluding hydrogens is 461 g/mol. The highest BCUT2D eigenvalue weighted by atomic mass is 31.2. The number of aromatic hydroxyl groups is 1. The number of benzene rings is 1. The summed E-state index contributed by atoms with van der Waals surface area (Å²) >= 11 is 0. The molecule has 0 bridgehead atoms. The van der Waals surface area contributed by atoms with Crippen molar-refractivity contribution in [3.63, 3.8) is 0 Å². The van der Waals surface area contributed by atoms with Crippen molar-refractivity contribution >= 4 is 13.5 Å². The summed E-state index contributed by atoms with van der Waals surface area (Å²) in [5.74, 6) is 1.63. The number of rotatable bonds is 21. The van der Waals surface area contributed by atoms with Gasteiger partial charge in [-0.05, 0) is 44.4 Å². The Hall–Kier alpha value is -1.62.